The Morgan fingerprint density at radius 3 is 2.60 bits per heavy atom. The summed E-state index contributed by atoms with van der Waals surface area (Å²) in [4.78, 5) is 23.5. The summed E-state index contributed by atoms with van der Waals surface area (Å²) in [6.45, 7) is 1.85. The number of aliphatic carboxylic acids is 1. The lowest BCUT2D eigenvalue weighted by Crippen LogP contribution is -2.32. The highest BCUT2D eigenvalue weighted by atomic mass is 16.4. The van der Waals surface area contributed by atoms with Gasteiger partial charge in [-0.05, 0) is 24.8 Å². The standard InChI is InChI=1S/C11H17NO3/c1-8(11(14)15)7-12(2)10(13)6-5-9-3-4-9/h5-6,8-9H,3-4,7H2,1-2H3,(H,14,15)/b6-5+. The number of carboxylic acid groups (broad SMARTS) is 1. The molecule has 1 aliphatic carbocycles. The number of amides is 1. The van der Waals surface area contributed by atoms with E-state index in [2.05, 4.69) is 0 Å². The van der Waals surface area contributed by atoms with Gasteiger partial charge in [0.15, 0.2) is 0 Å². The average Bonchev–Trinajstić information content (AvgIpc) is 2.97. The molecular weight excluding hydrogens is 194 g/mol. The SMILES string of the molecule is CC(CN(C)C(=O)/C=C/C1CC1)C(=O)O. The molecule has 0 bridgehead atoms. The number of rotatable bonds is 5. The first-order chi connectivity index (χ1) is 7.00. The summed E-state index contributed by atoms with van der Waals surface area (Å²) < 4.78 is 0. The molecule has 1 N–H and O–H groups in total. The largest absolute Gasteiger partial charge is 0.481 e. The number of carboxylic acids is 1. The van der Waals surface area contributed by atoms with Crippen LogP contribution in [0.4, 0.5) is 0 Å². The Balaban J connectivity index is 2.34. The molecule has 1 fully saturated rings. The van der Waals surface area contributed by atoms with Gasteiger partial charge in [0.1, 0.15) is 0 Å². The summed E-state index contributed by atoms with van der Waals surface area (Å²) in [5, 5.41) is 8.68. The molecule has 0 aromatic heterocycles. The molecule has 0 spiro atoms. The van der Waals surface area contributed by atoms with Gasteiger partial charge in [-0.3, -0.25) is 9.59 Å². The lowest BCUT2D eigenvalue weighted by molar-refractivity contribution is -0.142. The Morgan fingerprint density at radius 2 is 2.13 bits per heavy atom. The predicted octanol–water partition coefficient (Wildman–Crippen LogP) is 1.13. The molecule has 1 aliphatic rings. The maximum Gasteiger partial charge on any atom is 0.308 e. The lowest BCUT2D eigenvalue weighted by atomic mass is 10.2. The summed E-state index contributed by atoms with van der Waals surface area (Å²) in [6, 6.07) is 0. The molecule has 0 aliphatic heterocycles. The summed E-state index contributed by atoms with van der Waals surface area (Å²) in [5.74, 6) is -0.941. The highest BCUT2D eigenvalue weighted by Crippen LogP contribution is 2.29. The molecule has 1 atom stereocenters. The van der Waals surface area contributed by atoms with E-state index in [9.17, 15) is 9.59 Å². The van der Waals surface area contributed by atoms with Gasteiger partial charge < -0.3 is 10.0 Å². The van der Waals surface area contributed by atoms with E-state index in [1.165, 1.54) is 17.7 Å². The van der Waals surface area contributed by atoms with Gasteiger partial charge in [-0.2, -0.15) is 0 Å². The summed E-state index contributed by atoms with van der Waals surface area (Å²) in [6.07, 6.45) is 5.79. The predicted molar refractivity (Wildman–Crippen MR) is 56.3 cm³/mol. The minimum Gasteiger partial charge on any atom is -0.481 e. The van der Waals surface area contributed by atoms with Gasteiger partial charge in [-0.1, -0.05) is 13.0 Å². The number of hydrogen-bond acceptors (Lipinski definition) is 2. The number of nitrogens with zero attached hydrogens (tertiary/aromatic N) is 1. The third-order valence-electron chi connectivity index (χ3n) is 2.48. The molecule has 0 aromatic carbocycles. The molecule has 1 saturated carbocycles. The minimum atomic E-state index is -0.874. The second-order valence-corrected chi connectivity index (χ2v) is 4.15. The van der Waals surface area contributed by atoms with Crippen LogP contribution in [0.1, 0.15) is 19.8 Å². The van der Waals surface area contributed by atoms with Gasteiger partial charge >= 0.3 is 5.97 Å². The minimum absolute atomic E-state index is 0.116. The molecule has 4 heteroatoms. The monoisotopic (exact) mass is 211 g/mol. The van der Waals surface area contributed by atoms with E-state index in [0.29, 0.717) is 5.92 Å². The fourth-order valence-electron chi connectivity index (χ4n) is 1.21. The van der Waals surface area contributed by atoms with E-state index < -0.39 is 11.9 Å². The number of carbonyl (C=O) groups is 2. The van der Waals surface area contributed by atoms with Gasteiger partial charge in [0.25, 0.3) is 0 Å². The number of hydrogen-bond donors (Lipinski definition) is 1. The Morgan fingerprint density at radius 1 is 1.53 bits per heavy atom. The highest BCUT2D eigenvalue weighted by Gasteiger charge is 2.19. The second kappa shape index (κ2) is 4.96. The van der Waals surface area contributed by atoms with Crippen molar-refractivity contribution in [3.63, 3.8) is 0 Å². The Hall–Kier alpha value is -1.32. The van der Waals surface area contributed by atoms with Crippen LogP contribution >= 0.6 is 0 Å². The average molecular weight is 211 g/mol. The maximum absolute atomic E-state index is 11.5. The summed E-state index contributed by atoms with van der Waals surface area (Å²) >= 11 is 0. The first-order valence-electron chi connectivity index (χ1n) is 5.17. The smallest absolute Gasteiger partial charge is 0.308 e. The van der Waals surface area contributed by atoms with Gasteiger partial charge in [-0.15, -0.1) is 0 Å². The van der Waals surface area contributed by atoms with Crippen LogP contribution in [0, 0.1) is 11.8 Å². The van der Waals surface area contributed by atoms with E-state index in [1.807, 2.05) is 6.08 Å². The topological polar surface area (TPSA) is 57.6 Å². The van der Waals surface area contributed by atoms with Crippen molar-refractivity contribution in [1.29, 1.82) is 0 Å². The van der Waals surface area contributed by atoms with E-state index in [-0.39, 0.29) is 12.5 Å². The highest BCUT2D eigenvalue weighted by molar-refractivity contribution is 5.87. The van der Waals surface area contributed by atoms with Gasteiger partial charge in [-0.25, -0.2) is 0 Å². The summed E-state index contributed by atoms with van der Waals surface area (Å²) in [5.41, 5.74) is 0. The zero-order valence-corrected chi connectivity index (χ0v) is 9.14. The molecule has 1 amide bonds. The fraction of sp³-hybridized carbons (Fsp3) is 0.636. The van der Waals surface area contributed by atoms with Gasteiger partial charge in [0.2, 0.25) is 5.91 Å². The molecule has 0 radical (unpaired) electrons. The number of allylic oxidation sites excluding steroid dienone is 1. The molecule has 15 heavy (non-hydrogen) atoms. The number of carbonyl (C=O) groups excluding carboxylic acids is 1. The zero-order chi connectivity index (χ0) is 11.4. The molecule has 4 nitrogen and oxygen atoms in total. The van der Waals surface area contributed by atoms with Crippen molar-refractivity contribution in [3.8, 4) is 0 Å². The molecule has 84 valence electrons. The summed E-state index contributed by atoms with van der Waals surface area (Å²) in [7, 11) is 1.62. The van der Waals surface area contributed by atoms with Crippen LogP contribution in [-0.2, 0) is 9.59 Å². The van der Waals surface area contributed by atoms with Crippen molar-refractivity contribution >= 4 is 11.9 Å². The van der Waals surface area contributed by atoms with Crippen molar-refractivity contribution in [3.05, 3.63) is 12.2 Å². The van der Waals surface area contributed by atoms with Crippen LogP contribution < -0.4 is 0 Å². The quantitative estimate of drug-likeness (QED) is 0.693. The van der Waals surface area contributed by atoms with Crippen molar-refractivity contribution in [2.24, 2.45) is 11.8 Å². The molecule has 0 aromatic rings. The Labute approximate surface area is 89.6 Å². The Bertz CT molecular complexity index is 282. The first kappa shape index (κ1) is 11.8. The van der Waals surface area contributed by atoms with E-state index in [0.717, 1.165) is 0 Å². The third kappa shape index (κ3) is 4.14. The second-order valence-electron chi connectivity index (χ2n) is 4.15. The molecule has 0 saturated heterocycles. The molecule has 1 rings (SSSR count). The van der Waals surface area contributed by atoms with Crippen LogP contribution in [0.5, 0.6) is 0 Å². The van der Waals surface area contributed by atoms with Crippen LogP contribution in [0.15, 0.2) is 12.2 Å². The van der Waals surface area contributed by atoms with Gasteiger partial charge in [0.05, 0.1) is 5.92 Å². The molecule has 0 heterocycles. The molecule has 1 unspecified atom stereocenters. The van der Waals surface area contributed by atoms with Crippen molar-refractivity contribution in [2.45, 2.75) is 19.8 Å². The van der Waals surface area contributed by atoms with E-state index >= 15 is 0 Å². The maximum atomic E-state index is 11.5. The number of likely N-dealkylation sites (N-methyl/N-ethyl adjacent to an activating group) is 1. The van der Waals surface area contributed by atoms with Crippen molar-refractivity contribution < 1.29 is 14.7 Å². The third-order valence-corrected chi connectivity index (χ3v) is 2.48. The van der Waals surface area contributed by atoms with Gasteiger partial charge in [0, 0.05) is 13.6 Å². The van der Waals surface area contributed by atoms with Crippen molar-refractivity contribution in [1.82, 2.24) is 4.90 Å². The molecular formula is C11H17NO3. The normalized spacial score (nSPS) is 17.7. The zero-order valence-electron chi connectivity index (χ0n) is 9.14. The van der Waals surface area contributed by atoms with Crippen LogP contribution in [0.25, 0.3) is 0 Å². The fourth-order valence-corrected chi connectivity index (χ4v) is 1.21. The van der Waals surface area contributed by atoms with Crippen molar-refractivity contribution in [2.75, 3.05) is 13.6 Å². The van der Waals surface area contributed by atoms with Crippen LogP contribution in [-0.4, -0.2) is 35.5 Å². The lowest BCUT2D eigenvalue weighted by Gasteiger charge is -2.17. The van der Waals surface area contributed by atoms with E-state index in [4.69, 9.17) is 5.11 Å². The Kier molecular flexibility index (Phi) is 3.88. The van der Waals surface area contributed by atoms with Crippen LogP contribution in [0.2, 0.25) is 0 Å². The van der Waals surface area contributed by atoms with E-state index in [1.54, 1.807) is 20.0 Å². The first-order valence-corrected chi connectivity index (χ1v) is 5.17. The van der Waals surface area contributed by atoms with Crippen LogP contribution in [0.3, 0.4) is 0 Å².